The van der Waals surface area contributed by atoms with Gasteiger partial charge in [-0.15, -0.1) is 0 Å². The van der Waals surface area contributed by atoms with Crippen molar-refractivity contribution in [1.29, 1.82) is 0 Å². The number of hydrogen-bond donors (Lipinski definition) is 0. The van der Waals surface area contributed by atoms with Gasteiger partial charge in [0.1, 0.15) is 0 Å². The van der Waals surface area contributed by atoms with Crippen molar-refractivity contribution in [2.45, 2.75) is 67.4 Å². The first-order valence-corrected chi connectivity index (χ1v) is 7.61. The van der Waals surface area contributed by atoms with Crippen molar-refractivity contribution in [2.75, 3.05) is 26.7 Å². The van der Waals surface area contributed by atoms with E-state index in [1.807, 2.05) is 27.7 Å². The third kappa shape index (κ3) is 7.88. The molecule has 0 bridgehead atoms. The second-order valence-electron chi connectivity index (χ2n) is 4.35. The van der Waals surface area contributed by atoms with Crippen LogP contribution in [0.15, 0.2) is 11.1 Å². The molecule has 0 saturated heterocycles. The summed E-state index contributed by atoms with van der Waals surface area (Å²) in [5.74, 6) is 0. The van der Waals surface area contributed by atoms with E-state index >= 15 is 0 Å². The van der Waals surface area contributed by atoms with E-state index in [0.717, 1.165) is 19.6 Å². The standard InChI is InChI=1S/C12H23NO.2C2H6/c1-5-7-13(4)8-6-12-11(3)10(2)9-14-12;2*1-2/h12H,5-9H2,1-4H3;2*1-2H3. The summed E-state index contributed by atoms with van der Waals surface area (Å²) in [7, 11) is 2.18. The second-order valence-corrected chi connectivity index (χ2v) is 4.35. The average Bonchev–Trinajstić information content (AvgIpc) is 2.73. The number of rotatable bonds is 5. The van der Waals surface area contributed by atoms with Crippen molar-refractivity contribution in [3.8, 4) is 0 Å². The molecular weight excluding hydrogens is 222 g/mol. The Morgan fingerprint density at radius 1 is 1.11 bits per heavy atom. The second kappa shape index (κ2) is 13.1. The van der Waals surface area contributed by atoms with Gasteiger partial charge in [-0.3, -0.25) is 0 Å². The van der Waals surface area contributed by atoms with Crippen molar-refractivity contribution in [1.82, 2.24) is 4.90 Å². The normalized spacial score (nSPS) is 18.2. The molecule has 1 rings (SSSR count). The lowest BCUT2D eigenvalue weighted by molar-refractivity contribution is 0.104. The first-order valence-electron chi connectivity index (χ1n) is 7.61. The number of nitrogens with zero attached hydrogens (tertiary/aromatic N) is 1. The first-order chi connectivity index (χ1) is 8.65. The molecule has 0 fully saturated rings. The van der Waals surface area contributed by atoms with Gasteiger partial charge in [0.25, 0.3) is 0 Å². The summed E-state index contributed by atoms with van der Waals surface area (Å²) >= 11 is 0. The zero-order valence-electron chi connectivity index (χ0n) is 14.0. The van der Waals surface area contributed by atoms with Gasteiger partial charge >= 0.3 is 0 Å². The SMILES string of the molecule is CC.CC.CCCN(C)CCC1OCC(C)=C1C. The molecule has 0 aromatic carbocycles. The zero-order valence-corrected chi connectivity index (χ0v) is 14.0. The van der Waals surface area contributed by atoms with Gasteiger partial charge in [-0.05, 0) is 51.4 Å². The van der Waals surface area contributed by atoms with E-state index in [4.69, 9.17) is 4.74 Å². The lowest BCUT2D eigenvalue weighted by Gasteiger charge is -2.18. The topological polar surface area (TPSA) is 12.5 Å². The van der Waals surface area contributed by atoms with E-state index in [1.165, 1.54) is 24.1 Å². The molecule has 0 N–H and O–H groups in total. The summed E-state index contributed by atoms with van der Waals surface area (Å²) in [6, 6.07) is 0. The van der Waals surface area contributed by atoms with Crippen LogP contribution >= 0.6 is 0 Å². The Bertz CT molecular complexity index is 211. The molecule has 0 spiro atoms. The van der Waals surface area contributed by atoms with Crippen LogP contribution in [0.1, 0.15) is 61.3 Å². The quantitative estimate of drug-likeness (QED) is 0.672. The maximum absolute atomic E-state index is 5.71. The molecule has 1 aliphatic rings. The predicted molar refractivity (Wildman–Crippen MR) is 83.2 cm³/mol. The highest BCUT2D eigenvalue weighted by Crippen LogP contribution is 2.22. The van der Waals surface area contributed by atoms with Crippen molar-refractivity contribution >= 4 is 0 Å². The molecule has 0 aliphatic carbocycles. The molecular formula is C16H35NO. The van der Waals surface area contributed by atoms with Crippen molar-refractivity contribution in [3.05, 3.63) is 11.1 Å². The third-order valence-corrected chi connectivity index (χ3v) is 3.04. The van der Waals surface area contributed by atoms with E-state index in [9.17, 15) is 0 Å². The molecule has 2 nitrogen and oxygen atoms in total. The van der Waals surface area contributed by atoms with E-state index in [1.54, 1.807) is 0 Å². The van der Waals surface area contributed by atoms with Crippen LogP contribution in [0.25, 0.3) is 0 Å². The fourth-order valence-electron chi connectivity index (χ4n) is 1.87. The van der Waals surface area contributed by atoms with Crippen LogP contribution in [-0.2, 0) is 4.74 Å². The minimum atomic E-state index is 0.384. The smallest absolute Gasteiger partial charge is 0.0802 e. The Morgan fingerprint density at radius 3 is 2.06 bits per heavy atom. The van der Waals surface area contributed by atoms with Gasteiger partial charge in [-0.25, -0.2) is 0 Å². The van der Waals surface area contributed by atoms with Crippen LogP contribution in [0.3, 0.4) is 0 Å². The maximum atomic E-state index is 5.71. The van der Waals surface area contributed by atoms with Gasteiger partial charge in [0.05, 0.1) is 12.7 Å². The minimum Gasteiger partial charge on any atom is -0.369 e. The Hall–Kier alpha value is -0.340. The Labute approximate surface area is 115 Å². The summed E-state index contributed by atoms with van der Waals surface area (Å²) in [6.45, 7) is 17.8. The summed E-state index contributed by atoms with van der Waals surface area (Å²) in [5, 5.41) is 0. The van der Waals surface area contributed by atoms with Gasteiger partial charge < -0.3 is 9.64 Å². The zero-order chi connectivity index (χ0) is 14.6. The molecule has 0 aromatic rings. The lowest BCUT2D eigenvalue weighted by atomic mass is 10.1. The molecule has 0 saturated carbocycles. The minimum absolute atomic E-state index is 0.384. The molecule has 1 atom stereocenters. The molecule has 0 amide bonds. The Kier molecular flexibility index (Phi) is 14.5. The third-order valence-electron chi connectivity index (χ3n) is 3.04. The fourth-order valence-corrected chi connectivity index (χ4v) is 1.87. The molecule has 1 unspecified atom stereocenters. The van der Waals surface area contributed by atoms with Crippen LogP contribution < -0.4 is 0 Å². The molecule has 1 heterocycles. The summed E-state index contributed by atoms with van der Waals surface area (Å²) in [5.41, 5.74) is 2.88. The molecule has 2 heteroatoms. The Balaban J connectivity index is 0. The number of ether oxygens (including phenoxy) is 1. The van der Waals surface area contributed by atoms with Gasteiger partial charge in [0.2, 0.25) is 0 Å². The molecule has 18 heavy (non-hydrogen) atoms. The molecule has 0 radical (unpaired) electrons. The highest BCUT2D eigenvalue weighted by molar-refractivity contribution is 5.19. The highest BCUT2D eigenvalue weighted by Gasteiger charge is 2.20. The van der Waals surface area contributed by atoms with Crippen molar-refractivity contribution in [2.24, 2.45) is 0 Å². The predicted octanol–water partition coefficient (Wildman–Crippen LogP) is 4.51. The van der Waals surface area contributed by atoms with E-state index in [2.05, 4.69) is 32.7 Å². The van der Waals surface area contributed by atoms with E-state index in [0.29, 0.717) is 6.10 Å². The van der Waals surface area contributed by atoms with Gasteiger partial charge in [0.15, 0.2) is 0 Å². The van der Waals surface area contributed by atoms with Crippen LogP contribution in [0.4, 0.5) is 0 Å². The first kappa shape index (κ1) is 20.0. The van der Waals surface area contributed by atoms with Crippen LogP contribution in [0.2, 0.25) is 0 Å². The maximum Gasteiger partial charge on any atom is 0.0802 e. The van der Waals surface area contributed by atoms with Crippen molar-refractivity contribution < 1.29 is 4.74 Å². The van der Waals surface area contributed by atoms with Crippen LogP contribution in [-0.4, -0.2) is 37.7 Å². The fraction of sp³-hybridized carbons (Fsp3) is 0.875. The summed E-state index contributed by atoms with van der Waals surface area (Å²) in [6.07, 6.45) is 2.75. The molecule has 110 valence electrons. The van der Waals surface area contributed by atoms with E-state index < -0.39 is 0 Å². The van der Waals surface area contributed by atoms with Gasteiger partial charge in [-0.2, -0.15) is 0 Å². The molecule has 0 aromatic heterocycles. The average molecular weight is 257 g/mol. The van der Waals surface area contributed by atoms with Crippen LogP contribution in [0.5, 0.6) is 0 Å². The van der Waals surface area contributed by atoms with E-state index in [-0.39, 0.29) is 0 Å². The Morgan fingerprint density at radius 2 is 1.67 bits per heavy atom. The van der Waals surface area contributed by atoms with Gasteiger partial charge in [0, 0.05) is 6.54 Å². The highest BCUT2D eigenvalue weighted by atomic mass is 16.5. The lowest BCUT2D eigenvalue weighted by Crippen LogP contribution is -2.24. The molecule has 1 aliphatic heterocycles. The number of hydrogen-bond acceptors (Lipinski definition) is 2. The largest absolute Gasteiger partial charge is 0.369 e. The summed E-state index contributed by atoms with van der Waals surface area (Å²) in [4.78, 5) is 2.38. The summed E-state index contributed by atoms with van der Waals surface area (Å²) < 4.78 is 5.71. The van der Waals surface area contributed by atoms with Crippen molar-refractivity contribution in [3.63, 3.8) is 0 Å². The monoisotopic (exact) mass is 257 g/mol. The van der Waals surface area contributed by atoms with Gasteiger partial charge in [-0.1, -0.05) is 34.6 Å². The van der Waals surface area contributed by atoms with Crippen LogP contribution in [0, 0.1) is 0 Å².